The Labute approximate surface area is 144 Å². The zero-order valence-electron chi connectivity index (χ0n) is 13.7. The van der Waals surface area contributed by atoms with Crippen molar-refractivity contribution in [3.8, 4) is 5.69 Å². The molecular formula is C17H20FN5O2. The van der Waals surface area contributed by atoms with E-state index < -0.39 is 0 Å². The molecule has 0 aliphatic carbocycles. The molecule has 2 amide bonds. The molecule has 1 aromatic carbocycles. The topological polar surface area (TPSA) is 93.3 Å². The summed E-state index contributed by atoms with van der Waals surface area (Å²) < 4.78 is 14.5. The van der Waals surface area contributed by atoms with E-state index in [9.17, 15) is 14.0 Å². The fourth-order valence-electron chi connectivity index (χ4n) is 2.98. The van der Waals surface area contributed by atoms with Gasteiger partial charge in [0.15, 0.2) is 5.69 Å². The van der Waals surface area contributed by atoms with Gasteiger partial charge in [0.25, 0.3) is 5.91 Å². The molecule has 7 nitrogen and oxygen atoms in total. The first-order chi connectivity index (χ1) is 12.0. The smallest absolute Gasteiger partial charge is 0.272 e. The number of aromatic nitrogens is 2. The lowest BCUT2D eigenvalue weighted by molar-refractivity contribution is -0.119. The second-order valence-electron chi connectivity index (χ2n) is 6.14. The largest absolute Gasteiger partial charge is 0.369 e. The lowest BCUT2D eigenvalue weighted by Crippen LogP contribution is -2.49. The minimum Gasteiger partial charge on any atom is -0.369 e. The minimum atomic E-state index is -0.370. The third-order valence-corrected chi connectivity index (χ3v) is 4.13. The van der Waals surface area contributed by atoms with Gasteiger partial charge in [-0.05, 0) is 49.7 Å². The Bertz CT molecular complexity index is 759. The van der Waals surface area contributed by atoms with Gasteiger partial charge >= 0.3 is 0 Å². The molecule has 132 valence electrons. The average Bonchev–Trinajstić information content (AvgIpc) is 3.05. The number of rotatable bonds is 5. The quantitative estimate of drug-likeness (QED) is 0.834. The van der Waals surface area contributed by atoms with Crippen molar-refractivity contribution in [3.63, 3.8) is 0 Å². The zero-order chi connectivity index (χ0) is 17.8. The van der Waals surface area contributed by atoms with Crippen LogP contribution < -0.4 is 11.1 Å². The predicted octanol–water partition coefficient (Wildman–Crippen LogP) is 0.691. The number of halogens is 1. The first-order valence-electron chi connectivity index (χ1n) is 8.14. The van der Waals surface area contributed by atoms with Crippen LogP contribution in [0.5, 0.6) is 0 Å². The summed E-state index contributed by atoms with van der Waals surface area (Å²) in [5.41, 5.74) is 6.18. The molecule has 1 aliphatic rings. The Balaban J connectivity index is 1.62. The van der Waals surface area contributed by atoms with Gasteiger partial charge in [0.1, 0.15) is 5.82 Å². The van der Waals surface area contributed by atoms with E-state index in [4.69, 9.17) is 5.73 Å². The highest BCUT2D eigenvalue weighted by Crippen LogP contribution is 2.12. The van der Waals surface area contributed by atoms with Crippen LogP contribution in [0.3, 0.4) is 0 Å². The maximum absolute atomic E-state index is 13.0. The molecule has 1 aliphatic heterocycles. The van der Waals surface area contributed by atoms with Gasteiger partial charge in [0.05, 0.1) is 12.2 Å². The molecule has 25 heavy (non-hydrogen) atoms. The van der Waals surface area contributed by atoms with E-state index in [1.165, 1.54) is 16.8 Å². The molecule has 0 spiro atoms. The summed E-state index contributed by atoms with van der Waals surface area (Å²) in [6, 6.07) is 7.43. The Morgan fingerprint density at radius 2 is 2.04 bits per heavy atom. The Morgan fingerprint density at radius 3 is 2.76 bits per heavy atom. The molecule has 1 atom stereocenters. The summed E-state index contributed by atoms with van der Waals surface area (Å²) >= 11 is 0. The molecule has 2 aromatic rings. The zero-order valence-corrected chi connectivity index (χ0v) is 13.7. The molecule has 1 unspecified atom stereocenters. The molecule has 1 aromatic heterocycles. The Hall–Kier alpha value is -2.74. The van der Waals surface area contributed by atoms with Crippen LogP contribution in [0, 0.1) is 5.82 Å². The van der Waals surface area contributed by atoms with Gasteiger partial charge in [-0.1, -0.05) is 0 Å². The Morgan fingerprint density at radius 1 is 1.28 bits per heavy atom. The van der Waals surface area contributed by atoms with Gasteiger partial charge in [0, 0.05) is 18.8 Å². The molecule has 0 radical (unpaired) electrons. The van der Waals surface area contributed by atoms with Gasteiger partial charge < -0.3 is 11.1 Å². The van der Waals surface area contributed by atoms with E-state index in [0.29, 0.717) is 12.2 Å². The molecule has 8 heteroatoms. The maximum Gasteiger partial charge on any atom is 0.272 e. The van der Waals surface area contributed by atoms with Crippen molar-refractivity contribution in [2.75, 3.05) is 19.6 Å². The standard InChI is InChI=1S/C17H20FN5O2/c18-12-3-5-14(6-4-12)23-9-7-15(21-23)17(25)20-13-2-1-8-22(10-13)11-16(19)24/h3-7,9,13H,1-2,8,10-11H2,(H2,19,24)(H,20,25). The van der Waals surface area contributed by atoms with E-state index in [1.54, 1.807) is 24.4 Å². The van der Waals surface area contributed by atoms with Crippen LogP contribution in [0.1, 0.15) is 23.3 Å². The third-order valence-electron chi connectivity index (χ3n) is 4.13. The van der Waals surface area contributed by atoms with Gasteiger partial charge in [-0.15, -0.1) is 0 Å². The molecule has 2 heterocycles. The summed E-state index contributed by atoms with van der Waals surface area (Å²) in [5, 5.41) is 7.18. The summed E-state index contributed by atoms with van der Waals surface area (Å²) in [6.07, 6.45) is 3.39. The first kappa shape index (κ1) is 17.1. The lowest BCUT2D eigenvalue weighted by atomic mass is 10.1. The number of hydrogen-bond donors (Lipinski definition) is 2. The van der Waals surface area contributed by atoms with Crippen LogP contribution in [-0.4, -0.2) is 52.2 Å². The third kappa shape index (κ3) is 4.42. The van der Waals surface area contributed by atoms with Gasteiger partial charge in [-0.3, -0.25) is 14.5 Å². The molecule has 0 bridgehead atoms. The van der Waals surface area contributed by atoms with Crippen LogP contribution in [0.4, 0.5) is 4.39 Å². The number of carbonyl (C=O) groups excluding carboxylic acids is 2. The summed E-state index contributed by atoms with van der Waals surface area (Å²) in [7, 11) is 0. The first-order valence-corrected chi connectivity index (χ1v) is 8.14. The molecule has 3 N–H and O–H groups in total. The molecule has 3 rings (SSSR count). The highest BCUT2D eigenvalue weighted by Gasteiger charge is 2.23. The van der Waals surface area contributed by atoms with Crippen LogP contribution in [0.15, 0.2) is 36.5 Å². The van der Waals surface area contributed by atoms with E-state index in [-0.39, 0.29) is 35.9 Å². The molecule has 0 saturated carbocycles. The van der Waals surface area contributed by atoms with E-state index >= 15 is 0 Å². The van der Waals surface area contributed by atoms with Crippen molar-refractivity contribution in [2.24, 2.45) is 5.73 Å². The fourth-order valence-corrected chi connectivity index (χ4v) is 2.98. The number of amides is 2. The molecule has 1 fully saturated rings. The van der Waals surface area contributed by atoms with E-state index in [1.807, 2.05) is 4.90 Å². The summed E-state index contributed by atoms with van der Waals surface area (Å²) in [4.78, 5) is 25.4. The summed E-state index contributed by atoms with van der Waals surface area (Å²) in [5.74, 6) is -0.969. The van der Waals surface area contributed by atoms with Crippen molar-refractivity contribution in [3.05, 3.63) is 48.0 Å². The van der Waals surface area contributed by atoms with Crippen molar-refractivity contribution < 1.29 is 14.0 Å². The van der Waals surface area contributed by atoms with Gasteiger partial charge in [-0.2, -0.15) is 5.10 Å². The SMILES string of the molecule is NC(=O)CN1CCCC(NC(=O)c2ccn(-c3ccc(F)cc3)n2)C1. The van der Waals surface area contributed by atoms with Crippen LogP contribution in [0.2, 0.25) is 0 Å². The monoisotopic (exact) mass is 345 g/mol. The van der Waals surface area contributed by atoms with Crippen LogP contribution in [0.25, 0.3) is 5.69 Å². The highest BCUT2D eigenvalue weighted by atomic mass is 19.1. The predicted molar refractivity (Wildman–Crippen MR) is 89.6 cm³/mol. The van der Waals surface area contributed by atoms with Crippen molar-refractivity contribution in [1.29, 1.82) is 0 Å². The Kier molecular flexibility index (Phi) is 5.08. The van der Waals surface area contributed by atoms with E-state index in [0.717, 1.165) is 19.4 Å². The maximum atomic E-state index is 13.0. The van der Waals surface area contributed by atoms with Crippen molar-refractivity contribution in [2.45, 2.75) is 18.9 Å². The number of nitrogens with one attached hydrogen (secondary N) is 1. The molecular weight excluding hydrogens is 325 g/mol. The lowest BCUT2D eigenvalue weighted by Gasteiger charge is -2.32. The number of hydrogen-bond acceptors (Lipinski definition) is 4. The van der Waals surface area contributed by atoms with E-state index in [2.05, 4.69) is 10.4 Å². The second-order valence-corrected chi connectivity index (χ2v) is 6.14. The number of likely N-dealkylation sites (tertiary alicyclic amines) is 1. The van der Waals surface area contributed by atoms with Crippen molar-refractivity contribution >= 4 is 11.8 Å². The second kappa shape index (κ2) is 7.43. The van der Waals surface area contributed by atoms with Gasteiger partial charge in [0.2, 0.25) is 5.91 Å². The normalized spacial score (nSPS) is 18.0. The number of carbonyl (C=O) groups is 2. The number of nitrogens with zero attached hydrogens (tertiary/aromatic N) is 3. The van der Waals surface area contributed by atoms with Crippen LogP contribution in [-0.2, 0) is 4.79 Å². The molecule has 1 saturated heterocycles. The highest BCUT2D eigenvalue weighted by molar-refractivity contribution is 5.92. The summed E-state index contributed by atoms with van der Waals surface area (Å²) in [6.45, 7) is 1.59. The number of benzene rings is 1. The fraction of sp³-hybridized carbons (Fsp3) is 0.353. The van der Waals surface area contributed by atoms with Crippen LogP contribution >= 0.6 is 0 Å². The van der Waals surface area contributed by atoms with Crippen molar-refractivity contribution in [1.82, 2.24) is 20.0 Å². The average molecular weight is 345 g/mol. The van der Waals surface area contributed by atoms with Gasteiger partial charge in [-0.25, -0.2) is 9.07 Å². The minimum absolute atomic E-state index is 0.0448. The number of piperidine rings is 1. The number of nitrogens with two attached hydrogens (primary N) is 1. The number of primary amides is 1.